The summed E-state index contributed by atoms with van der Waals surface area (Å²) in [6, 6.07) is 0.256. The zero-order valence-electron chi connectivity index (χ0n) is 18.4. The third-order valence-electron chi connectivity index (χ3n) is 8.06. The second kappa shape index (κ2) is 7.81. The smallest absolute Gasteiger partial charge is 0.355 e. The summed E-state index contributed by atoms with van der Waals surface area (Å²) >= 11 is 0. The zero-order chi connectivity index (χ0) is 20.8. The van der Waals surface area contributed by atoms with Crippen LogP contribution in [0.3, 0.4) is 0 Å². The first-order chi connectivity index (χ1) is 13.8. The number of amides is 1. The van der Waals surface area contributed by atoms with Crippen LogP contribution in [0.5, 0.6) is 0 Å². The van der Waals surface area contributed by atoms with Crippen LogP contribution in [0.25, 0.3) is 0 Å². The molecule has 5 nitrogen and oxygen atoms in total. The van der Waals surface area contributed by atoms with E-state index in [0.29, 0.717) is 30.6 Å². The van der Waals surface area contributed by atoms with Crippen LogP contribution in [-0.4, -0.2) is 29.5 Å². The molecule has 5 rings (SSSR count). The Balaban J connectivity index is 1.36. The molecule has 2 N–H and O–H groups in total. The van der Waals surface area contributed by atoms with E-state index in [2.05, 4.69) is 17.2 Å². The Morgan fingerprint density at radius 2 is 1.72 bits per heavy atom. The van der Waals surface area contributed by atoms with E-state index in [1.54, 1.807) is 6.92 Å². The average molecular weight is 401 g/mol. The fourth-order valence-electron chi connectivity index (χ4n) is 6.98. The summed E-state index contributed by atoms with van der Waals surface area (Å²) in [5, 5.41) is 3.36. The molecule has 1 aromatic heterocycles. The van der Waals surface area contributed by atoms with Crippen LogP contribution in [0, 0.1) is 37.0 Å². The van der Waals surface area contributed by atoms with Crippen molar-refractivity contribution < 1.29 is 14.3 Å². The van der Waals surface area contributed by atoms with Crippen molar-refractivity contribution in [3.05, 3.63) is 22.5 Å². The number of carbonyl (C=O) groups is 2. The molecule has 1 amide bonds. The maximum absolute atomic E-state index is 12.8. The molecule has 0 saturated heterocycles. The van der Waals surface area contributed by atoms with Crippen molar-refractivity contribution >= 4 is 11.9 Å². The van der Waals surface area contributed by atoms with Crippen molar-refractivity contribution in [1.82, 2.24) is 10.3 Å². The highest BCUT2D eigenvalue weighted by molar-refractivity contribution is 5.90. The fourth-order valence-corrected chi connectivity index (χ4v) is 6.98. The van der Waals surface area contributed by atoms with Crippen LogP contribution in [-0.2, 0) is 16.0 Å². The monoisotopic (exact) mass is 400 g/mol. The van der Waals surface area contributed by atoms with Crippen molar-refractivity contribution in [3.63, 3.8) is 0 Å². The molecule has 1 heterocycles. The zero-order valence-corrected chi connectivity index (χ0v) is 18.4. The Morgan fingerprint density at radius 3 is 2.28 bits per heavy atom. The van der Waals surface area contributed by atoms with Crippen LogP contribution >= 0.6 is 0 Å². The molecule has 0 radical (unpaired) electrons. The summed E-state index contributed by atoms with van der Waals surface area (Å²) in [4.78, 5) is 28.0. The van der Waals surface area contributed by atoms with Gasteiger partial charge < -0.3 is 15.0 Å². The Hall–Kier alpha value is -1.78. The van der Waals surface area contributed by atoms with E-state index in [1.807, 2.05) is 13.8 Å². The quantitative estimate of drug-likeness (QED) is 0.664. The van der Waals surface area contributed by atoms with E-state index in [-0.39, 0.29) is 17.9 Å². The topological polar surface area (TPSA) is 71.2 Å². The number of carbonyl (C=O) groups excluding carboxylic acids is 2. The van der Waals surface area contributed by atoms with E-state index < -0.39 is 0 Å². The van der Waals surface area contributed by atoms with E-state index in [0.717, 1.165) is 34.6 Å². The molecule has 0 spiro atoms. The summed E-state index contributed by atoms with van der Waals surface area (Å²) in [5.74, 6) is 2.50. The molecule has 4 aliphatic carbocycles. The van der Waals surface area contributed by atoms with Crippen molar-refractivity contribution in [2.45, 2.75) is 85.1 Å². The minimum absolute atomic E-state index is 0.130. The van der Waals surface area contributed by atoms with Gasteiger partial charge in [0.1, 0.15) is 5.69 Å². The highest BCUT2D eigenvalue weighted by Gasteiger charge is 2.53. The Bertz CT molecular complexity index is 759. The molecule has 0 aromatic carbocycles. The first-order valence-electron chi connectivity index (χ1n) is 11.5. The average Bonchev–Trinajstić information content (AvgIpc) is 2.93. The predicted octanol–water partition coefficient (Wildman–Crippen LogP) is 4.46. The molecule has 0 unspecified atom stereocenters. The molecule has 0 aliphatic heterocycles. The van der Waals surface area contributed by atoms with Gasteiger partial charge in [0.25, 0.3) is 0 Å². The second-order valence-electron chi connectivity index (χ2n) is 10.0. The maximum Gasteiger partial charge on any atom is 0.355 e. The van der Waals surface area contributed by atoms with Gasteiger partial charge in [0.15, 0.2) is 0 Å². The number of aryl methyl sites for hydroxylation is 1. The van der Waals surface area contributed by atoms with Gasteiger partial charge in [-0.25, -0.2) is 4.79 Å². The van der Waals surface area contributed by atoms with Crippen LogP contribution in [0.15, 0.2) is 0 Å². The molecule has 1 atom stereocenters. The van der Waals surface area contributed by atoms with Gasteiger partial charge in [0.05, 0.1) is 6.61 Å². The normalized spacial score (nSPS) is 31.0. The Labute approximate surface area is 174 Å². The van der Waals surface area contributed by atoms with Gasteiger partial charge >= 0.3 is 5.97 Å². The van der Waals surface area contributed by atoms with Gasteiger partial charge in [-0.05, 0) is 107 Å². The first-order valence-corrected chi connectivity index (χ1v) is 11.5. The number of rotatable bonds is 7. The SMILES string of the molecule is CCOC(=O)c1[nH]c(C)c(CCC(=O)N[C@H](C)C23CC4CC(CC(C4)C2)C3)c1C. The molecular weight excluding hydrogens is 364 g/mol. The number of aromatic amines is 1. The minimum Gasteiger partial charge on any atom is -0.461 e. The molecule has 160 valence electrons. The number of hydrogen-bond donors (Lipinski definition) is 2. The van der Waals surface area contributed by atoms with Gasteiger partial charge in [0.2, 0.25) is 5.91 Å². The van der Waals surface area contributed by atoms with Crippen LogP contribution < -0.4 is 5.32 Å². The van der Waals surface area contributed by atoms with Gasteiger partial charge in [-0.1, -0.05) is 0 Å². The molecule has 4 aliphatic rings. The summed E-state index contributed by atoms with van der Waals surface area (Å²) in [6.45, 7) is 8.29. The molecule has 1 aromatic rings. The van der Waals surface area contributed by atoms with E-state index in [9.17, 15) is 9.59 Å². The Kier molecular flexibility index (Phi) is 5.52. The first kappa shape index (κ1) is 20.5. The van der Waals surface area contributed by atoms with Crippen LogP contribution in [0.2, 0.25) is 0 Å². The number of esters is 1. The largest absolute Gasteiger partial charge is 0.461 e. The number of aromatic nitrogens is 1. The number of ether oxygens (including phenoxy) is 1. The summed E-state index contributed by atoms with van der Waals surface area (Å²) in [6.07, 6.45) is 9.29. The lowest BCUT2D eigenvalue weighted by atomic mass is 9.48. The van der Waals surface area contributed by atoms with E-state index >= 15 is 0 Å². The minimum atomic E-state index is -0.320. The maximum atomic E-state index is 12.8. The lowest BCUT2D eigenvalue weighted by molar-refractivity contribution is -0.125. The highest BCUT2D eigenvalue weighted by atomic mass is 16.5. The molecule has 4 fully saturated rings. The summed E-state index contributed by atoms with van der Waals surface area (Å²) in [7, 11) is 0. The van der Waals surface area contributed by atoms with Crippen molar-refractivity contribution in [3.8, 4) is 0 Å². The number of hydrogen-bond acceptors (Lipinski definition) is 3. The summed E-state index contributed by atoms with van der Waals surface area (Å²) < 4.78 is 5.12. The standard InChI is InChI=1S/C24H36N2O3/c1-5-29-23(28)22-14(2)20(15(3)25-22)6-7-21(27)26-16(4)24-11-17-8-18(12-24)10-19(9-17)13-24/h16-19,25H,5-13H2,1-4H3,(H,26,27)/t16-,17?,18?,19?,24?/m1/s1. The Morgan fingerprint density at radius 1 is 1.14 bits per heavy atom. The van der Waals surface area contributed by atoms with Crippen molar-refractivity contribution in [2.24, 2.45) is 23.2 Å². The predicted molar refractivity (Wildman–Crippen MR) is 113 cm³/mol. The van der Waals surface area contributed by atoms with Crippen molar-refractivity contribution in [2.75, 3.05) is 6.61 Å². The van der Waals surface area contributed by atoms with Gasteiger partial charge in [-0.2, -0.15) is 0 Å². The van der Waals surface area contributed by atoms with Gasteiger partial charge in [0, 0.05) is 18.2 Å². The third-order valence-corrected chi connectivity index (χ3v) is 8.06. The highest BCUT2D eigenvalue weighted by Crippen LogP contribution is 2.61. The third kappa shape index (κ3) is 3.85. The lowest BCUT2D eigenvalue weighted by Crippen LogP contribution is -2.55. The fraction of sp³-hybridized carbons (Fsp3) is 0.750. The van der Waals surface area contributed by atoms with E-state index in [1.165, 1.54) is 38.5 Å². The van der Waals surface area contributed by atoms with E-state index in [4.69, 9.17) is 4.74 Å². The molecule has 4 bridgehead atoms. The lowest BCUT2D eigenvalue weighted by Gasteiger charge is -2.59. The molecule has 5 heteroatoms. The molecule has 4 saturated carbocycles. The van der Waals surface area contributed by atoms with Crippen LogP contribution in [0.1, 0.15) is 86.1 Å². The van der Waals surface area contributed by atoms with Gasteiger partial charge in [-0.15, -0.1) is 0 Å². The number of nitrogens with one attached hydrogen (secondary N) is 2. The van der Waals surface area contributed by atoms with Crippen molar-refractivity contribution in [1.29, 1.82) is 0 Å². The van der Waals surface area contributed by atoms with Gasteiger partial charge in [-0.3, -0.25) is 4.79 Å². The molecular formula is C24H36N2O3. The summed E-state index contributed by atoms with van der Waals surface area (Å²) in [5.41, 5.74) is 3.77. The number of H-pyrrole nitrogens is 1. The second-order valence-corrected chi connectivity index (χ2v) is 10.0. The molecule has 29 heavy (non-hydrogen) atoms. The van der Waals surface area contributed by atoms with Crippen LogP contribution in [0.4, 0.5) is 0 Å².